The highest BCUT2D eigenvalue weighted by Gasteiger charge is 2.33. The van der Waals surface area contributed by atoms with Gasteiger partial charge in [-0.1, -0.05) is 6.92 Å². The molecule has 0 bridgehead atoms. The summed E-state index contributed by atoms with van der Waals surface area (Å²) in [5, 5.41) is 9.56. The Balaban J connectivity index is 2.54. The largest absolute Gasteiger partial charge is 0.469 e. The van der Waals surface area contributed by atoms with Crippen LogP contribution in [-0.4, -0.2) is 48.8 Å². The monoisotopic (exact) mass is 187 g/mol. The number of hydrogen-bond acceptors (Lipinski definition) is 4. The number of nitrogens with zero attached hydrogens (tertiary/aromatic N) is 1. The molecule has 1 saturated heterocycles. The minimum Gasteiger partial charge on any atom is -0.469 e. The van der Waals surface area contributed by atoms with Crippen molar-refractivity contribution in [1.29, 1.82) is 0 Å². The molecule has 1 aliphatic rings. The quantitative estimate of drug-likeness (QED) is 0.611. The van der Waals surface area contributed by atoms with E-state index in [1.165, 1.54) is 7.11 Å². The summed E-state index contributed by atoms with van der Waals surface area (Å²) < 4.78 is 4.63. The van der Waals surface area contributed by atoms with Crippen LogP contribution in [-0.2, 0) is 9.53 Å². The van der Waals surface area contributed by atoms with E-state index in [9.17, 15) is 9.90 Å². The van der Waals surface area contributed by atoms with Crippen molar-refractivity contribution in [1.82, 2.24) is 4.90 Å². The second-order valence-electron chi connectivity index (χ2n) is 3.38. The van der Waals surface area contributed by atoms with Gasteiger partial charge in [0.2, 0.25) is 0 Å². The van der Waals surface area contributed by atoms with Gasteiger partial charge in [0.1, 0.15) is 0 Å². The van der Waals surface area contributed by atoms with Crippen molar-refractivity contribution < 1.29 is 14.6 Å². The van der Waals surface area contributed by atoms with E-state index in [1.807, 2.05) is 6.92 Å². The Kier molecular flexibility index (Phi) is 3.69. The molecule has 0 aromatic heterocycles. The number of carbonyl (C=O) groups is 1. The topological polar surface area (TPSA) is 49.8 Å². The Bertz CT molecular complexity index is 184. The first-order valence-corrected chi connectivity index (χ1v) is 4.67. The third kappa shape index (κ3) is 2.42. The zero-order valence-electron chi connectivity index (χ0n) is 8.19. The number of ether oxygens (including phenoxy) is 1. The molecule has 76 valence electrons. The summed E-state index contributed by atoms with van der Waals surface area (Å²) in [6.07, 6.45) is 0.128. The van der Waals surface area contributed by atoms with Gasteiger partial charge in [0.15, 0.2) is 0 Å². The predicted octanol–water partition coefficient (Wildman–Crippen LogP) is -0.138. The van der Waals surface area contributed by atoms with Gasteiger partial charge in [-0.2, -0.15) is 0 Å². The highest BCUT2D eigenvalue weighted by Crippen LogP contribution is 2.17. The third-order valence-corrected chi connectivity index (χ3v) is 2.61. The van der Waals surface area contributed by atoms with Gasteiger partial charge >= 0.3 is 5.97 Å². The molecular weight excluding hydrogens is 170 g/mol. The summed E-state index contributed by atoms with van der Waals surface area (Å²) in [6, 6.07) is 0. The molecule has 0 aromatic rings. The van der Waals surface area contributed by atoms with Crippen LogP contribution in [0.3, 0.4) is 0 Å². The van der Waals surface area contributed by atoms with Crippen molar-refractivity contribution >= 4 is 5.97 Å². The molecule has 4 nitrogen and oxygen atoms in total. The first kappa shape index (κ1) is 10.5. The second kappa shape index (κ2) is 4.58. The first-order chi connectivity index (χ1) is 6.19. The van der Waals surface area contributed by atoms with Gasteiger partial charge in [0, 0.05) is 13.1 Å². The molecule has 13 heavy (non-hydrogen) atoms. The molecule has 1 N–H and O–H groups in total. The molecule has 0 radical (unpaired) electrons. The number of likely N-dealkylation sites (tertiary alicyclic amines) is 1. The average Bonchev–Trinajstić information content (AvgIpc) is 2.17. The summed E-state index contributed by atoms with van der Waals surface area (Å²) >= 11 is 0. The minimum atomic E-state index is -0.532. The lowest BCUT2D eigenvalue weighted by Crippen LogP contribution is -2.46. The van der Waals surface area contributed by atoms with Crippen molar-refractivity contribution in [2.24, 2.45) is 5.92 Å². The lowest BCUT2D eigenvalue weighted by atomic mass is 9.95. The molecular formula is C9H17NO3. The fourth-order valence-corrected chi connectivity index (χ4v) is 1.68. The van der Waals surface area contributed by atoms with Gasteiger partial charge < -0.3 is 14.7 Å². The average molecular weight is 187 g/mol. The normalized spacial score (nSPS) is 30.1. The SMILES string of the molecule is CCN1CC[C@H](O)[C@H](C(=O)OC)C1. The number of aliphatic hydroxyl groups is 1. The van der Waals surface area contributed by atoms with Crippen LogP contribution in [0, 0.1) is 5.92 Å². The fourth-order valence-electron chi connectivity index (χ4n) is 1.68. The summed E-state index contributed by atoms with van der Waals surface area (Å²) in [5.74, 6) is -0.663. The zero-order valence-corrected chi connectivity index (χ0v) is 8.19. The molecule has 0 amide bonds. The molecule has 0 aromatic carbocycles. The third-order valence-electron chi connectivity index (χ3n) is 2.61. The molecule has 0 saturated carbocycles. The van der Waals surface area contributed by atoms with Gasteiger partial charge in [-0.05, 0) is 13.0 Å². The molecule has 2 atom stereocenters. The zero-order chi connectivity index (χ0) is 9.84. The van der Waals surface area contributed by atoms with Crippen molar-refractivity contribution in [3.63, 3.8) is 0 Å². The number of rotatable bonds is 2. The van der Waals surface area contributed by atoms with E-state index < -0.39 is 6.10 Å². The summed E-state index contributed by atoms with van der Waals surface area (Å²) in [7, 11) is 1.36. The Morgan fingerprint density at radius 3 is 2.92 bits per heavy atom. The number of carbonyl (C=O) groups excluding carboxylic acids is 1. The van der Waals surface area contributed by atoms with Crippen LogP contribution in [0.2, 0.25) is 0 Å². The Morgan fingerprint density at radius 1 is 1.69 bits per heavy atom. The van der Waals surface area contributed by atoms with E-state index in [0.29, 0.717) is 13.0 Å². The molecule has 1 fully saturated rings. The standard InChI is InChI=1S/C9H17NO3/c1-3-10-5-4-8(11)7(6-10)9(12)13-2/h7-8,11H,3-6H2,1-2H3/t7-,8+/m1/s1. The highest BCUT2D eigenvalue weighted by atomic mass is 16.5. The van der Waals surface area contributed by atoms with E-state index in [2.05, 4.69) is 9.64 Å². The predicted molar refractivity (Wildman–Crippen MR) is 48.2 cm³/mol. The molecule has 4 heteroatoms. The van der Waals surface area contributed by atoms with Gasteiger partial charge in [0.25, 0.3) is 0 Å². The van der Waals surface area contributed by atoms with Crippen LogP contribution < -0.4 is 0 Å². The maximum atomic E-state index is 11.2. The first-order valence-electron chi connectivity index (χ1n) is 4.67. The van der Waals surface area contributed by atoms with Crippen LogP contribution in [0.1, 0.15) is 13.3 Å². The lowest BCUT2D eigenvalue weighted by molar-refractivity contribution is -0.152. The van der Waals surface area contributed by atoms with E-state index in [1.54, 1.807) is 0 Å². The Morgan fingerprint density at radius 2 is 2.38 bits per heavy atom. The number of piperidine rings is 1. The van der Waals surface area contributed by atoms with Crippen molar-refractivity contribution in [2.45, 2.75) is 19.4 Å². The van der Waals surface area contributed by atoms with E-state index in [4.69, 9.17) is 0 Å². The molecule has 1 aliphatic heterocycles. The number of esters is 1. The van der Waals surface area contributed by atoms with Crippen LogP contribution in [0.15, 0.2) is 0 Å². The molecule has 0 unspecified atom stereocenters. The molecule has 1 heterocycles. The number of methoxy groups -OCH3 is 1. The van der Waals surface area contributed by atoms with Crippen LogP contribution in [0.25, 0.3) is 0 Å². The molecule has 0 spiro atoms. The highest BCUT2D eigenvalue weighted by molar-refractivity contribution is 5.73. The smallest absolute Gasteiger partial charge is 0.312 e. The number of aliphatic hydroxyl groups excluding tert-OH is 1. The van der Waals surface area contributed by atoms with Gasteiger partial charge in [-0.15, -0.1) is 0 Å². The van der Waals surface area contributed by atoms with Crippen LogP contribution in [0.4, 0.5) is 0 Å². The molecule has 1 rings (SSSR count). The summed E-state index contributed by atoms with van der Waals surface area (Å²) in [6.45, 7) is 4.45. The van der Waals surface area contributed by atoms with Crippen LogP contribution >= 0.6 is 0 Å². The van der Waals surface area contributed by atoms with E-state index >= 15 is 0 Å². The lowest BCUT2D eigenvalue weighted by Gasteiger charge is -2.33. The maximum Gasteiger partial charge on any atom is 0.312 e. The van der Waals surface area contributed by atoms with Gasteiger partial charge in [-0.3, -0.25) is 4.79 Å². The number of hydrogen-bond donors (Lipinski definition) is 1. The Labute approximate surface area is 78.5 Å². The van der Waals surface area contributed by atoms with Gasteiger partial charge in [-0.25, -0.2) is 0 Å². The molecule has 0 aliphatic carbocycles. The maximum absolute atomic E-state index is 11.2. The van der Waals surface area contributed by atoms with Crippen molar-refractivity contribution in [2.75, 3.05) is 26.7 Å². The van der Waals surface area contributed by atoms with Gasteiger partial charge in [0.05, 0.1) is 19.1 Å². The summed E-state index contributed by atoms with van der Waals surface area (Å²) in [5.41, 5.74) is 0. The summed E-state index contributed by atoms with van der Waals surface area (Å²) in [4.78, 5) is 13.4. The Hall–Kier alpha value is -0.610. The van der Waals surface area contributed by atoms with E-state index in [-0.39, 0.29) is 11.9 Å². The van der Waals surface area contributed by atoms with E-state index in [0.717, 1.165) is 13.1 Å². The van der Waals surface area contributed by atoms with Crippen molar-refractivity contribution in [3.8, 4) is 0 Å². The fraction of sp³-hybridized carbons (Fsp3) is 0.889. The van der Waals surface area contributed by atoms with Crippen molar-refractivity contribution in [3.05, 3.63) is 0 Å². The minimum absolute atomic E-state index is 0.300. The second-order valence-corrected chi connectivity index (χ2v) is 3.38. The van der Waals surface area contributed by atoms with Crippen LogP contribution in [0.5, 0.6) is 0 Å².